The molecule has 1 aromatic heterocycles. The number of hydrogen-bond donors (Lipinski definition) is 3. The van der Waals surface area contributed by atoms with Gasteiger partial charge in [0, 0.05) is 5.56 Å². The normalized spacial score (nSPS) is 10.2. The highest BCUT2D eigenvalue weighted by molar-refractivity contribution is 5.66. The monoisotopic (exact) mass is 205 g/mol. The van der Waals surface area contributed by atoms with E-state index in [1.54, 1.807) is 19.2 Å². The van der Waals surface area contributed by atoms with E-state index in [1.807, 2.05) is 6.07 Å². The molecule has 2 aromatic rings. The second kappa shape index (κ2) is 3.53. The molecule has 0 saturated carbocycles. The fourth-order valence-electron chi connectivity index (χ4n) is 1.34. The number of ether oxygens (including phenoxy) is 1. The van der Waals surface area contributed by atoms with Crippen molar-refractivity contribution in [3.63, 3.8) is 0 Å². The lowest BCUT2D eigenvalue weighted by Gasteiger charge is -2.05. The van der Waals surface area contributed by atoms with E-state index in [-0.39, 0.29) is 5.88 Å². The molecule has 0 spiro atoms. The molecule has 0 bridgehead atoms. The van der Waals surface area contributed by atoms with Gasteiger partial charge in [0.25, 0.3) is 0 Å². The highest BCUT2D eigenvalue weighted by atomic mass is 16.5. The van der Waals surface area contributed by atoms with E-state index in [2.05, 4.69) is 9.97 Å². The van der Waals surface area contributed by atoms with Crippen molar-refractivity contribution in [1.82, 2.24) is 9.97 Å². The van der Waals surface area contributed by atoms with Crippen LogP contribution in [0.4, 0.5) is 5.69 Å². The quantitative estimate of drug-likeness (QED) is 0.646. The molecule has 0 saturated heterocycles. The Morgan fingerprint density at radius 1 is 1.47 bits per heavy atom. The lowest BCUT2D eigenvalue weighted by molar-refractivity contribution is 0.417. The van der Waals surface area contributed by atoms with Gasteiger partial charge in [0.2, 0.25) is 5.88 Å². The van der Waals surface area contributed by atoms with Crippen LogP contribution in [0.15, 0.2) is 24.4 Å². The van der Waals surface area contributed by atoms with Crippen LogP contribution < -0.4 is 10.5 Å². The number of H-pyrrole nitrogens is 1. The number of methoxy groups -OCH3 is 1. The van der Waals surface area contributed by atoms with E-state index in [0.29, 0.717) is 17.3 Å². The third-order valence-corrected chi connectivity index (χ3v) is 2.07. The zero-order chi connectivity index (χ0) is 10.8. The number of rotatable bonds is 2. The molecule has 0 aliphatic carbocycles. The summed E-state index contributed by atoms with van der Waals surface area (Å²) in [4.78, 5) is 6.69. The number of imidazole rings is 1. The maximum Gasteiger partial charge on any atom is 0.208 e. The standard InChI is InChI=1S/C10H11N3O2/c1-15-8-3-2-6(4-7(8)11)10-12-5-9(14)13-10/h2-5,14H,11H2,1H3,(H,12,13). The minimum Gasteiger partial charge on any atom is -0.495 e. The molecule has 0 unspecified atom stereocenters. The summed E-state index contributed by atoms with van der Waals surface area (Å²) in [7, 11) is 1.56. The van der Waals surface area contributed by atoms with Crippen LogP contribution >= 0.6 is 0 Å². The van der Waals surface area contributed by atoms with Gasteiger partial charge in [-0.3, -0.25) is 0 Å². The van der Waals surface area contributed by atoms with Crippen LogP contribution in [0, 0.1) is 0 Å². The van der Waals surface area contributed by atoms with Crippen molar-refractivity contribution in [1.29, 1.82) is 0 Å². The first-order valence-electron chi connectivity index (χ1n) is 4.38. The van der Waals surface area contributed by atoms with E-state index >= 15 is 0 Å². The molecule has 1 heterocycles. The number of nitrogens with zero attached hydrogens (tertiary/aromatic N) is 1. The zero-order valence-corrected chi connectivity index (χ0v) is 8.19. The van der Waals surface area contributed by atoms with E-state index in [0.717, 1.165) is 5.56 Å². The van der Waals surface area contributed by atoms with Crippen molar-refractivity contribution in [2.45, 2.75) is 0 Å². The van der Waals surface area contributed by atoms with Gasteiger partial charge in [0.15, 0.2) is 0 Å². The molecule has 0 aliphatic rings. The van der Waals surface area contributed by atoms with E-state index < -0.39 is 0 Å². The Hall–Kier alpha value is -2.17. The number of benzene rings is 1. The Kier molecular flexibility index (Phi) is 2.21. The van der Waals surface area contributed by atoms with Gasteiger partial charge in [-0.1, -0.05) is 0 Å². The molecule has 5 heteroatoms. The van der Waals surface area contributed by atoms with Gasteiger partial charge in [-0.05, 0) is 18.2 Å². The fraction of sp³-hybridized carbons (Fsp3) is 0.100. The number of nitrogen functional groups attached to an aromatic ring is 1. The number of nitrogens with two attached hydrogens (primary N) is 1. The third kappa shape index (κ3) is 1.71. The second-order valence-electron chi connectivity index (χ2n) is 3.07. The predicted molar refractivity (Wildman–Crippen MR) is 56.7 cm³/mol. The first kappa shape index (κ1) is 9.39. The van der Waals surface area contributed by atoms with Crippen molar-refractivity contribution < 1.29 is 9.84 Å². The predicted octanol–water partition coefficient (Wildman–Crippen LogP) is 1.37. The molecule has 1 aromatic carbocycles. The molecule has 0 aliphatic heterocycles. The molecule has 2 rings (SSSR count). The fourth-order valence-corrected chi connectivity index (χ4v) is 1.34. The van der Waals surface area contributed by atoms with Crippen LogP contribution in [-0.2, 0) is 0 Å². The zero-order valence-electron chi connectivity index (χ0n) is 8.19. The van der Waals surface area contributed by atoms with Crippen molar-refractivity contribution in [3.8, 4) is 23.0 Å². The SMILES string of the molecule is COc1ccc(-c2ncc(O)[nH]2)cc1N. The van der Waals surface area contributed by atoms with Crippen LogP contribution in [-0.4, -0.2) is 22.2 Å². The van der Waals surface area contributed by atoms with Crippen LogP contribution in [0.5, 0.6) is 11.6 Å². The smallest absolute Gasteiger partial charge is 0.208 e. The Balaban J connectivity index is 2.42. The minimum absolute atomic E-state index is 0.0272. The Bertz CT molecular complexity index is 479. The largest absolute Gasteiger partial charge is 0.495 e. The number of aromatic amines is 1. The number of aromatic hydroxyl groups is 1. The van der Waals surface area contributed by atoms with Gasteiger partial charge in [-0.15, -0.1) is 0 Å². The van der Waals surface area contributed by atoms with Gasteiger partial charge in [-0.25, -0.2) is 4.98 Å². The van der Waals surface area contributed by atoms with Crippen molar-refractivity contribution in [2.24, 2.45) is 0 Å². The van der Waals surface area contributed by atoms with Gasteiger partial charge in [0.05, 0.1) is 19.0 Å². The average Bonchev–Trinajstić information content (AvgIpc) is 2.65. The lowest BCUT2D eigenvalue weighted by atomic mass is 10.2. The summed E-state index contributed by atoms with van der Waals surface area (Å²) in [6.07, 6.45) is 1.34. The average molecular weight is 205 g/mol. The summed E-state index contributed by atoms with van der Waals surface area (Å²) in [5.41, 5.74) is 7.08. The Morgan fingerprint density at radius 3 is 2.80 bits per heavy atom. The van der Waals surface area contributed by atoms with Crippen molar-refractivity contribution >= 4 is 5.69 Å². The number of aromatic nitrogens is 2. The molecule has 0 amide bonds. The summed E-state index contributed by atoms with van der Waals surface area (Å²) in [6.45, 7) is 0. The van der Waals surface area contributed by atoms with E-state index in [9.17, 15) is 0 Å². The maximum absolute atomic E-state index is 9.11. The van der Waals surface area contributed by atoms with Gasteiger partial charge >= 0.3 is 0 Å². The molecule has 0 atom stereocenters. The summed E-state index contributed by atoms with van der Waals surface area (Å²) in [5, 5.41) is 9.11. The highest BCUT2D eigenvalue weighted by Crippen LogP contribution is 2.27. The summed E-state index contributed by atoms with van der Waals surface area (Å²) >= 11 is 0. The van der Waals surface area contributed by atoms with Crippen LogP contribution in [0.2, 0.25) is 0 Å². The molecule has 5 nitrogen and oxygen atoms in total. The van der Waals surface area contributed by atoms with Gasteiger partial charge in [-0.2, -0.15) is 0 Å². The highest BCUT2D eigenvalue weighted by Gasteiger charge is 2.05. The third-order valence-electron chi connectivity index (χ3n) is 2.07. The van der Waals surface area contributed by atoms with Crippen molar-refractivity contribution in [2.75, 3.05) is 12.8 Å². The van der Waals surface area contributed by atoms with E-state index in [4.69, 9.17) is 15.6 Å². The minimum atomic E-state index is 0.0272. The van der Waals surface area contributed by atoms with Crippen molar-refractivity contribution in [3.05, 3.63) is 24.4 Å². The van der Waals surface area contributed by atoms with Gasteiger partial charge < -0.3 is 20.6 Å². The maximum atomic E-state index is 9.11. The lowest BCUT2D eigenvalue weighted by Crippen LogP contribution is -1.92. The topological polar surface area (TPSA) is 84.2 Å². The molecular weight excluding hydrogens is 194 g/mol. The summed E-state index contributed by atoms with van der Waals surface area (Å²) < 4.78 is 5.04. The van der Waals surface area contributed by atoms with Crippen LogP contribution in [0.1, 0.15) is 0 Å². The van der Waals surface area contributed by atoms with E-state index in [1.165, 1.54) is 6.20 Å². The van der Waals surface area contributed by atoms with Crippen LogP contribution in [0.3, 0.4) is 0 Å². The number of anilines is 1. The molecule has 15 heavy (non-hydrogen) atoms. The molecule has 78 valence electrons. The number of nitrogens with one attached hydrogen (secondary N) is 1. The summed E-state index contributed by atoms with van der Waals surface area (Å²) in [6, 6.07) is 5.30. The molecular formula is C10H11N3O2. The first-order chi connectivity index (χ1) is 7.20. The number of hydrogen-bond acceptors (Lipinski definition) is 4. The second-order valence-corrected chi connectivity index (χ2v) is 3.07. The Labute approximate surface area is 86.5 Å². The molecule has 4 N–H and O–H groups in total. The van der Waals surface area contributed by atoms with Gasteiger partial charge in [0.1, 0.15) is 11.6 Å². The van der Waals surface area contributed by atoms with Crippen LogP contribution in [0.25, 0.3) is 11.4 Å². The molecule has 0 fully saturated rings. The Morgan fingerprint density at radius 2 is 2.27 bits per heavy atom. The first-order valence-corrected chi connectivity index (χ1v) is 4.38. The summed E-state index contributed by atoms with van der Waals surface area (Å²) in [5.74, 6) is 1.22. The molecule has 0 radical (unpaired) electrons.